The molecule has 0 spiro atoms. The summed E-state index contributed by atoms with van der Waals surface area (Å²) in [5.41, 5.74) is -0.372. The molecule has 0 unspecified atom stereocenters. The van der Waals surface area contributed by atoms with Gasteiger partial charge in [-0.2, -0.15) is 0 Å². The Balaban J connectivity index is 1.94. The molecule has 1 saturated carbocycles. The van der Waals surface area contributed by atoms with Gasteiger partial charge in [0.2, 0.25) is 0 Å². The molecule has 100 valence electrons. The molecular formula is C13H26N2O2. The number of hydrogen-bond donors (Lipinski definition) is 1. The average Bonchev–Trinajstić information content (AvgIpc) is 2.96. The highest BCUT2D eigenvalue weighted by Crippen LogP contribution is 2.24. The topological polar surface area (TPSA) is 41.6 Å². The van der Waals surface area contributed by atoms with E-state index in [1.165, 1.54) is 12.8 Å². The lowest BCUT2D eigenvalue weighted by Crippen LogP contribution is -2.32. The molecule has 0 bridgehead atoms. The van der Waals surface area contributed by atoms with E-state index >= 15 is 0 Å². The molecular weight excluding hydrogens is 216 g/mol. The lowest BCUT2D eigenvalue weighted by atomic mass is 10.2. The molecule has 0 aliphatic heterocycles. The first kappa shape index (κ1) is 14.5. The number of ether oxygens (including phenoxy) is 1. The van der Waals surface area contributed by atoms with Crippen molar-refractivity contribution in [3.8, 4) is 0 Å². The Morgan fingerprint density at radius 1 is 1.35 bits per heavy atom. The number of rotatable bonds is 7. The Hall–Kier alpha value is -0.610. The minimum absolute atomic E-state index is 0.124. The van der Waals surface area contributed by atoms with Crippen LogP contribution in [0.1, 0.15) is 40.0 Å². The van der Waals surface area contributed by atoms with Gasteiger partial charge in [0.05, 0.1) is 6.42 Å². The minimum Gasteiger partial charge on any atom is -0.460 e. The number of nitrogens with one attached hydrogen (secondary N) is 1. The fourth-order valence-electron chi connectivity index (χ4n) is 1.66. The van der Waals surface area contributed by atoms with Crippen molar-refractivity contribution in [1.82, 2.24) is 10.2 Å². The molecule has 0 amide bonds. The zero-order valence-corrected chi connectivity index (χ0v) is 11.6. The molecule has 1 fully saturated rings. The van der Waals surface area contributed by atoms with Gasteiger partial charge < -0.3 is 15.0 Å². The molecule has 0 atom stereocenters. The van der Waals surface area contributed by atoms with Crippen molar-refractivity contribution in [3.63, 3.8) is 0 Å². The van der Waals surface area contributed by atoms with Crippen LogP contribution in [0.5, 0.6) is 0 Å². The van der Waals surface area contributed by atoms with Gasteiger partial charge in [0.1, 0.15) is 5.60 Å². The van der Waals surface area contributed by atoms with E-state index in [0.29, 0.717) is 13.0 Å². The summed E-state index contributed by atoms with van der Waals surface area (Å²) in [7, 11) is 2.16. The summed E-state index contributed by atoms with van der Waals surface area (Å²) in [5.74, 6) is -0.124. The molecule has 0 aromatic heterocycles. The molecule has 0 saturated heterocycles. The maximum atomic E-state index is 11.4. The summed E-state index contributed by atoms with van der Waals surface area (Å²) in [6.45, 7) is 8.37. The van der Waals surface area contributed by atoms with Crippen LogP contribution in [0.3, 0.4) is 0 Å². The first-order valence-corrected chi connectivity index (χ1v) is 6.51. The fourth-order valence-corrected chi connectivity index (χ4v) is 1.66. The highest BCUT2D eigenvalue weighted by Gasteiger charge is 2.25. The highest BCUT2D eigenvalue weighted by atomic mass is 16.6. The third-order valence-corrected chi connectivity index (χ3v) is 2.74. The van der Waals surface area contributed by atoms with E-state index in [9.17, 15) is 4.79 Å². The van der Waals surface area contributed by atoms with Crippen molar-refractivity contribution in [2.45, 2.75) is 51.7 Å². The minimum atomic E-state index is -0.372. The van der Waals surface area contributed by atoms with Crippen LogP contribution in [-0.2, 0) is 9.53 Å². The van der Waals surface area contributed by atoms with E-state index in [4.69, 9.17) is 4.74 Å². The summed E-state index contributed by atoms with van der Waals surface area (Å²) in [6, 6.07) is 0.808. The maximum absolute atomic E-state index is 11.4. The predicted octanol–water partition coefficient (Wildman–Crippen LogP) is 1.40. The van der Waals surface area contributed by atoms with Gasteiger partial charge in [0.25, 0.3) is 0 Å². The van der Waals surface area contributed by atoms with Crippen molar-refractivity contribution in [3.05, 3.63) is 0 Å². The molecule has 4 heteroatoms. The molecule has 1 rings (SSSR count). The quantitative estimate of drug-likeness (QED) is 0.541. The number of carbonyl (C=O) groups excluding carboxylic acids is 1. The summed E-state index contributed by atoms with van der Waals surface area (Å²) in [4.78, 5) is 13.8. The largest absolute Gasteiger partial charge is 0.460 e. The first-order valence-electron chi connectivity index (χ1n) is 6.51. The van der Waals surface area contributed by atoms with E-state index in [1.807, 2.05) is 20.8 Å². The van der Waals surface area contributed by atoms with Crippen molar-refractivity contribution in [2.75, 3.05) is 26.7 Å². The summed E-state index contributed by atoms with van der Waals surface area (Å²) >= 11 is 0. The Kier molecular flexibility index (Phi) is 5.40. The van der Waals surface area contributed by atoms with Crippen molar-refractivity contribution in [2.24, 2.45) is 0 Å². The SMILES string of the molecule is CN(CCNCCC(=O)OC(C)(C)C)C1CC1. The van der Waals surface area contributed by atoms with Gasteiger partial charge in [0.15, 0.2) is 0 Å². The number of hydrogen-bond acceptors (Lipinski definition) is 4. The fraction of sp³-hybridized carbons (Fsp3) is 0.923. The van der Waals surface area contributed by atoms with Gasteiger partial charge in [-0.05, 0) is 40.7 Å². The average molecular weight is 242 g/mol. The smallest absolute Gasteiger partial charge is 0.307 e. The van der Waals surface area contributed by atoms with Crippen LogP contribution in [0.15, 0.2) is 0 Å². The van der Waals surface area contributed by atoms with Gasteiger partial charge in [-0.25, -0.2) is 0 Å². The van der Waals surface area contributed by atoms with E-state index in [-0.39, 0.29) is 11.6 Å². The molecule has 0 radical (unpaired) electrons. The Morgan fingerprint density at radius 3 is 2.53 bits per heavy atom. The molecule has 4 nitrogen and oxygen atoms in total. The third-order valence-electron chi connectivity index (χ3n) is 2.74. The third kappa shape index (κ3) is 7.34. The van der Waals surface area contributed by atoms with Gasteiger partial charge in [-0.15, -0.1) is 0 Å². The van der Waals surface area contributed by atoms with Gasteiger partial charge in [-0.1, -0.05) is 0 Å². The predicted molar refractivity (Wildman–Crippen MR) is 69.0 cm³/mol. The van der Waals surface area contributed by atoms with Crippen LogP contribution in [0.2, 0.25) is 0 Å². The van der Waals surface area contributed by atoms with Crippen LogP contribution < -0.4 is 5.32 Å². The van der Waals surface area contributed by atoms with Gasteiger partial charge >= 0.3 is 5.97 Å². The molecule has 1 N–H and O–H groups in total. The zero-order valence-electron chi connectivity index (χ0n) is 11.6. The lowest BCUT2D eigenvalue weighted by Gasteiger charge is -2.19. The van der Waals surface area contributed by atoms with Crippen LogP contribution in [-0.4, -0.2) is 49.2 Å². The zero-order chi connectivity index (χ0) is 12.9. The van der Waals surface area contributed by atoms with Crippen LogP contribution in [0, 0.1) is 0 Å². The second-order valence-corrected chi connectivity index (χ2v) is 5.80. The van der Waals surface area contributed by atoms with Crippen molar-refractivity contribution in [1.29, 1.82) is 0 Å². The van der Waals surface area contributed by atoms with E-state index < -0.39 is 0 Å². The number of nitrogens with zero attached hydrogens (tertiary/aromatic N) is 1. The Bertz CT molecular complexity index is 244. The standard InChI is InChI=1S/C13H26N2O2/c1-13(2,3)17-12(16)7-8-14-9-10-15(4)11-5-6-11/h11,14H,5-10H2,1-4H3. The van der Waals surface area contributed by atoms with E-state index in [1.54, 1.807) is 0 Å². The first-order chi connectivity index (χ1) is 7.88. The summed E-state index contributed by atoms with van der Waals surface area (Å²) < 4.78 is 5.22. The molecule has 0 heterocycles. The number of carbonyl (C=O) groups is 1. The number of esters is 1. The summed E-state index contributed by atoms with van der Waals surface area (Å²) in [6.07, 6.45) is 3.13. The van der Waals surface area contributed by atoms with Crippen molar-refractivity contribution >= 4 is 5.97 Å². The molecule has 0 aromatic carbocycles. The van der Waals surface area contributed by atoms with Crippen LogP contribution in [0.4, 0.5) is 0 Å². The Morgan fingerprint density at radius 2 is 2.00 bits per heavy atom. The second kappa shape index (κ2) is 6.36. The Labute approximate surface area is 105 Å². The van der Waals surface area contributed by atoms with Gasteiger partial charge in [0, 0.05) is 25.7 Å². The molecule has 1 aliphatic carbocycles. The normalized spacial score (nSPS) is 16.3. The lowest BCUT2D eigenvalue weighted by molar-refractivity contribution is -0.154. The maximum Gasteiger partial charge on any atom is 0.307 e. The van der Waals surface area contributed by atoms with E-state index in [0.717, 1.165) is 19.1 Å². The van der Waals surface area contributed by atoms with Crippen LogP contribution >= 0.6 is 0 Å². The molecule has 0 aromatic rings. The number of likely N-dealkylation sites (N-methyl/N-ethyl adjacent to an activating group) is 1. The summed E-state index contributed by atoms with van der Waals surface area (Å²) in [5, 5.41) is 3.27. The molecule has 1 aliphatic rings. The van der Waals surface area contributed by atoms with Gasteiger partial charge in [-0.3, -0.25) is 4.79 Å². The highest BCUT2D eigenvalue weighted by molar-refractivity contribution is 5.70. The van der Waals surface area contributed by atoms with Crippen molar-refractivity contribution < 1.29 is 9.53 Å². The van der Waals surface area contributed by atoms with Crippen LogP contribution in [0.25, 0.3) is 0 Å². The molecule has 17 heavy (non-hydrogen) atoms. The monoisotopic (exact) mass is 242 g/mol. The second-order valence-electron chi connectivity index (χ2n) is 5.80. The van der Waals surface area contributed by atoms with E-state index in [2.05, 4.69) is 17.3 Å².